The number of hydrogen-bond donors (Lipinski definition) is 2. The van der Waals surface area contributed by atoms with Crippen molar-refractivity contribution < 1.29 is 4.52 Å². The molecule has 19 heavy (non-hydrogen) atoms. The van der Waals surface area contributed by atoms with Gasteiger partial charge >= 0.3 is 0 Å². The van der Waals surface area contributed by atoms with Gasteiger partial charge in [-0.15, -0.1) is 0 Å². The molecule has 0 aliphatic carbocycles. The van der Waals surface area contributed by atoms with E-state index in [-0.39, 0.29) is 6.04 Å². The molecule has 0 bridgehead atoms. The van der Waals surface area contributed by atoms with E-state index in [4.69, 9.17) is 10.3 Å². The second-order valence-corrected chi connectivity index (χ2v) is 4.23. The van der Waals surface area contributed by atoms with Crippen LogP contribution in [0.15, 0.2) is 29.6 Å². The van der Waals surface area contributed by atoms with Crippen LogP contribution in [0.1, 0.15) is 17.6 Å². The summed E-state index contributed by atoms with van der Waals surface area (Å²) in [7, 11) is 1.86. The molecule has 0 spiro atoms. The minimum atomic E-state index is -0.366. The molecular formula is C11H13N7O. The van der Waals surface area contributed by atoms with Crippen molar-refractivity contribution in [1.29, 1.82) is 0 Å². The highest BCUT2D eigenvalue weighted by atomic mass is 16.5. The fraction of sp³-hybridized carbons (Fsp3) is 0.273. The Morgan fingerprint density at radius 1 is 1.42 bits per heavy atom. The summed E-state index contributed by atoms with van der Waals surface area (Å²) in [5.41, 5.74) is 7.73. The smallest absolute Gasteiger partial charge is 0.244 e. The van der Waals surface area contributed by atoms with Crippen LogP contribution >= 0.6 is 0 Å². The molecule has 3 aromatic heterocycles. The molecule has 3 N–H and O–H groups in total. The third-order valence-corrected chi connectivity index (χ3v) is 2.80. The predicted molar refractivity (Wildman–Crippen MR) is 65.7 cm³/mol. The molecule has 0 aliphatic heterocycles. The minimum Gasteiger partial charge on any atom is -0.348 e. The van der Waals surface area contributed by atoms with Crippen LogP contribution in [0.2, 0.25) is 0 Å². The molecule has 0 aliphatic rings. The Labute approximate surface area is 108 Å². The fourth-order valence-corrected chi connectivity index (χ4v) is 1.78. The molecule has 0 aromatic carbocycles. The molecular weight excluding hydrogens is 246 g/mol. The number of nitrogens with one attached hydrogen (secondary N) is 1. The Kier molecular flexibility index (Phi) is 2.84. The van der Waals surface area contributed by atoms with Gasteiger partial charge in [0.15, 0.2) is 0 Å². The fourth-order valence-electron chi connectivity index (χ4n) is 1.78. The predicted octanol–water partition coefficient (Wildman–Crippen LogP) is 0.436. The summed E-state index contributed by atoms with van der Waals surface area (Å²) in [5, 5.41) is 3.92. The molecule has 0 amide bonds. The van der Waals surface area contributed by atoms with Crippen molar-refractivity contribution in [1.82, 2.24) is 29.7 Å². The van der Waals surface area contributed by atoms with Crippen LogP contribution in [0.3, 0.4) is 0 Å². The number of hydrogen-bond acceptors (Lipinski definition) is 6. The van der Waals surface area contributed by atoms with E-state index < -0.39 is 0 Å². The van der Waals surface area contributed by atoms with Crippen LogP contribution in [0.4, 0.5) is 0 Å². The normalized spacial score (nSPS) is 12.7. The van der Waals surface area contributed by atoms with Crippen molar-refractivity contribution in [3.63, 3.8) is 0 Å². The largest absolute Gasteiger partial charge is 0.348 e. The Bertz CT molecular complexity index is 654. The highest BCUT2D eigenvalue weighted by molar-refractivity contribution is 5.47. The van der Waals surface area contributed by atoms with Crippen molar-refractivity contribution in [3.8, 4) is 11.5 Å². The first-order valence-electron chi connectivity index (χ1n) is 5.77. The number of imidazole rings is 2. The molecule has 98 valence electrons. The number of rotatable bonds is 4. The molecule has 0 fully saturated rings. The van der Waals surface area contributed by atoms with E-state index in [0.717, 1.165) is 11.4 Å². The van der Waals surface area contributed by atoms with Gasteiger partial charge in [0.05, 0.1) is 24.9 Å². The minimum absolute atomic E-state index is 0.366. The summed E-state index contributed by atoms with van der Waals surface area (Å²) < 4.78 is 7.01. The quantitative estimate of drug-likeness (QED) is 0.703. The molecule has 3 aromatic rings. The highest BCUT2D eigenvalue weighted by Gasteiger charge is 2.18. The van der Waals surface area contributed by atoms with Gasteiger partial charge in [0, 0.05) is 25.4 Å². The Hall–Kier alpha value is -2.48. The van der Waals surface area contributed by atoms with Crippen molar-refractivity contribution in [2.45, 2.75) is 12.5 Å². The van der Waals surface area contributed by atoms with Gasteiger partial charge in [-0.2, -0.15) is 4.98 Å². The molecule has 0 unspecified atom stereocenters. The summed E-state index contributed by atoms with van der Waals surface area (Å²) in [4.78, 5) is 15.2. The van der Waals surface area contributed by atoms with Crippen LogP contribution in [-0.4, -0.2) is 29.7 Å². The van der Waals surface area contributed by atoms with E-state index in [9.17, 15) is 0 Å². The molecule has 0 saturated carbocycles. The third-order valence-electron chi connectivity index (χ3n) is 2.80. The van der Waals surface area contributed by atoms with Crippen LogP contribution in [0.25, 0.3) is 11.5 Å². The first-order chi connectivity index (χ1) is 9.24. The molecule has 3 rings (SSSR count). The van der Waals surface area contributed by atoms with Crippen LogP contribution in [-0.2, 0) is 13.5 Å². The van der Waals surface area contributed by atoms with E-state index in [1.165, 1.54) is 0 Å². The maximum absolute atomic E-state index is 6.02. The standard InChI is InChI=1S/C11H13N7O/c1-18-6-14-4-9(18)10-16-11(19-17-10)8(12)2-7-3-13-5-15-7/h3-6,8H,2,12H2,1H3,(H,13,15)/t8-/m0/s1. The first-order valence-corrected chi connectivity index (χ1v) is 5.77. The lowest BCUT2D eigenvalue weighted by atomic mass is 10.2. The van der Waals surface area contributed by atoms with Crippen molar-refractivity contribution in [2.75, 3.05) is 0 Å². The van der Waals surface area contributed by atoms with Crippen LogP contribution in [0, 0.1) is 0 Å². The highest BCUT2D eigenvalue weighted by Crippen LogP contribution is 2.18. The SMILES string of the molecule is Cn1cncc1-c1noc([C@@H](N)Cc2cnc[nH]2)n1. The topological polar surface area (TPSA) is 111 Å². The Morgan fingerprint density at radius 3 is 3.00 bits per heavy atom. The average molecular weight is 259 g/mol. The molecule has 0 radical (unpaired) electrons. The first kappa shape index (κ1) is 11.6. The Balaban J connectivity index is 1.79. The zero-order valence-electron chi connectivity index (χ0n) is 10.3. The molecule has 1 atom stereocenters. The monoisotopic (exact) mass is 259 g/mol. The summed E-state index contributed by atoms with van der Waals surface area (Å²) in [6.45, 7) is 0. The lowest BCUT2D eigenvalue weighted by Gasteiger charge is -2.03. The lowest BCUT2D eigenvalue weighted by Crippen LogP contribution is -2.14. The summed E-state index contributed by atoms with van der Waals surface area (Å²) in [6, 6.07) is -0.366. The van der Waals surface area contributed by atoms with E-state index >= 15 is 0 Å². The third kappa shape index (κ3) is 2.25. The number of nitrogens with two attached hydrogens (primary N) is 1. The summed E-state index contributed by atoms with van der Waals surface area (Å²) in [6.07, 6.45) is 7.24. The van der Waals surface area contributed by atoms with E-state index in [2.05, 4.69) is 25.1 Å². The van der Waals surface area contributed by atoms with Crippen molar-refractivity contribution in [2.24, 2.45) is 12.8 Å². The van der Waals surface area contributed by atoms with Gasteiger partial charge in [0.25, 0.3) is 0 Å². The number of aromatic amines is 1. The van der Waals surface area contributed by atoms with E-state index in [1.54, 1.807) is 25.0 Å². The van der Waals surface area contributed by atoms with Gasteiger partial charge in [0.1, 0.15) is 5.69 Å². The second kappa shape index (κ2) is 4.65. The number of aryl methyl sites for hydroxylation is 1. The van der Waals surface area contributed by atoms with Crippen molar-refractivity contribution in [3.05, 3.63) is 36.6 Å². The average Bonchev–Trinajstić information content (AvgIpc) is 3.08. The molecule has 8 heteroatoms. The van der Waals surface area contributed by atoms with E-state index in [1.807, 2.05) is 11.6 Å². The lowest BCUT2D eigenvalue weighted by molar-refractivity contribution is 0.353. The maximum atomic E-state index is 6.02. The van der Waals surface area contributed by atoms with E-state index in [0.29, 0.717) is 18.1 Å². The maximum Gasteiger partial charge on any atom is 0.244 e. The molecule has 8 nitrogen and oxygen atoms in total. The molecule has 3 heterocycles. The zero-order valence-corrected chi connectivity index (χ0v) is 10.3. The number of H-pyrrole nitrogens is 1. The van der Waals surface area contributed by atoms with Gasteiger partial charge in [0.2, 0.25) is 11.7 Å². The number of aromatic nitrogens is 6. The van der Waals surface area contributed by atoms with Gasteiger partial charge in [-0.05, 0) is 0 Å². The molecule has 0 saturated heterocycles. The van der Waals surface area contributed by atoms with Gasteiger partial charge < -0.3 is 19.8 Å². The van der Waals surface area contributed by atoms with Gasteiger partial charge in [-0.3, -0.25) is 0 Å². The Morgan fingerprint density at radius 2 is 2.32 bits per heavy atom. The summed E-state index contributed by atoms with van der Waals surface area (Å²) >= 11 is 0. The second-order valence-electron chi connectivity index (χ2n) is 4.23. The van der Waals surface area contributed by atoms with Crippen molar-refractivity contribution >= 4 is 0 Å². The van der Waals surface area contributed by atoms with Crippen LogP contribution in [0.5, 0.6) is 0 Å². The van der Waals surface area contributed by atoms with Gasteiger partial charge in [-0.25, -0.2) is 9.97 Å². The van der Waals surface area contributed by atoms with Crippen LogP contribution < -0.4 is 5.73 Å². The summed E-state index contributed by atoms with van der Waals surface area (Å²) in [5.74, 6) is 0.876. The van der Waals surface area contributed by atoms with Gasteiger partial charge in [-0.1, -0.05) is 5.16 Å². The zero-order chi connectivity index (χ0) is 13.2. The number of nitrogens with zero attached hydrogens (tertiary/aromatic N) is 5.